The number of ether oxygens (including phenoxy) is 1. The van der Waals surface area contributed by atoms with E-state index in [0.29, 0.717) is 6.04 Å². The number of methoxy groups -OCH3 is 1. The molecule has 1 aromatic heterocycles. The molecule has 0 bridgehead atoms. The predicted molar refractivity (Wildman–Crippen MR) is 97.2 cm³/mol. The fraction of sp³-hybridized carbons (Fsp3) is 0.500. The highest BCUT2D eigenvalue weighted by atomic mass is 32.1. The Hall–Kier alpha value is -1.44. The molecule has 0 unspecified atom stereocenters. The summed E-state index contributed by atoms with van der Waals surface area (Å²) in [5, 5.41) is 8.74. The maximum Gasteiger partial charge on any atom is 0.209 e. The second kappa shape index (κ2) is 7.42. The molecule has 1 aromatic carbocycles. The van der Waals surface area contributed by atoms with Crippen LogP contribution in [0, 0.1) is 3.95 Å². The summed E-state index contributed by atoms with van der Waals surface area (Å²) in [5.41, 5.74) is 0.900. The molecule has 1 aliphatic heterocycles. The van der Waals surface area contributed by atoms with Crippen LogP contribution in [-0.4, -0.2) is 34.4 Å². The van der Waals surface area contributed by atoms with Crippen molar-refractivity contribution >= 4 is 34.4 Å². The van der Waals surface area contributed by atoms with Crippen molar-refractivity contribution in [1.29, 1.82) is 0 Å². The molecule has 1 fully saturated rings. The molecule has 3 rings (SSSR count). The zero-order valence-corrected chi connectivity index (χ0v) is 15.1. The molecular weight excluding hydrogens is 328 g/mol. The summed E-state index contributed by atoms with van der Waals surface area (Å²) < 4.78 is 8.07. The van der Waals surface area contributed by atoms with E-state index in [1.54, 1.807) is 7.11 Å². The third-order valence-electron chi connectivity index (χ3n) is 4.21. The summed E-state index contributed by atoms with van der Waals surface area (Å²) in [6, 6.07) is 8.41. The Morgan fingerprint density at radius 2 is 2.22 bits per heavy atom. The van der Waals surface area contributed by atoms with Crippen LogP contribution in [-0.2, 0) is 6.67 Å². The van der Waals surface area contributed by atoms with Crippen LogP contribution in [0.1, 0.15) is 26.2 Å². The van der Waals surface area contributed by atoms with Crippen molar-refractivity contribution in [2.75, 3.05) is 19.0 Å². The quantitative estimate of drug-likeness (QED) is 0.816. The van der Waals surface area contributed by atoms with Gasteiger partial charge in [-0.2, -0.15) is 0 Å². The molecule has 0 spiro atoms. The van der Waals surface area contributed by atoms with Crippen LogP contribution in [0.25, 0.3) is 0 Å². The first-order valence-electron chi connectivity index (χ1n) is 7.89. The number of hydrogen-bond donors (Lipinski definition) is 1. The number of piperidine rings is 1. The molecule has 5 nitrogen and oxygen atoms in total. The smallest absolute Gasteiger partial charge is 0.209 e. The lowest BCUT2D eigenvalue weighted by Crippen LogP contribution is -2.38. The van der Waals surface area contributed by atoms with Crippen LogP contribution in [0.15, 0.2) is 24.3 Å². The number of aromatic nitrogens is 2. The van der Waals surface area contributed by atoms with E-state index in [0.717, 1.165) is 33.7 Å². The number of likely N-dealkylation sites (tertiary alicyclic amines) is 1. The highest BCUT2D eigenvalue weighted by Gasteiger charge is 2.19. The Bertz CT molecular complexity index is 712. The van der Waals surface area contributed by atoms with Crippen LogP contribution >= 0.6 is 23.6 Å². The van der Waals surface area contributed by atoms with Gasteiger partial charge in [0.15, 0.2) is 3.95 Å². The van der Waals surface area contributed by atoms with Gasteiger partial charge in [-0.15, -0.1) is 5.10 Å². The lowest BCUT2D eigenvalue weighted by atomic mass is 10.0. The lowest BCUT2D eigenvalue weighted by Gasteiger charge is -2.32. The maximum atomic E-state index is 5.48. The van der Waals surface area contributed by atoms with Gasteiger partial charge in [0.1, 0.15) is 5.75 Å². The maximum absolute atomic E-state index is 5.48. The SMILES string of the molecule is COc1ccccc1Nc1nn(CN2CCCC[C@@H]2C)c(=S)s1. The minimum atomic E-state index is 0.595. The molecule has 1 atom stereocenters. The summed E-state index contributed by atoms with van der Waals surface area (Å²) >= 11 is 6.97. The molecule has 7 heteroatoms. The lowest BCUT2D eigenvalue weighted by molar-refractivity contribution is 0.115. The van der Waals surface area contributed by atoms with Crippen molar-refractivity contribution in [1.82, 2.24) is 14.7 Å². The van der Waals surface area contributed by atoms with Crippen molar-refractivity contribution in [3.8, 4) is 5.75 Å². The summed E-state index contributed by atoms with van der Waals surface area (Å²) in [4.78, 5) is 2.45. The monoisotopic (exact) mass is 350 g/mol. The van der Waals surface area contributed by atoms with Crippen LogP contribution in [0.5, 0.6) is 5.75 Å². The number of anilines is 2. The van der Waals surface area contributed by atoms with E-state index in [4.69, 9.17) is 17.0 Å². The van der Waals surface area contributed by atoms with Crippen molar-refractivity contribution < 1.29 is 4.74 Å². The van der Waals surface area contributed by atoms with Crippen LogP contribution < -0.4 is 10.1 Å². The van der Waals surface area contributed by atoms with Crippen molar-refractivity contribution in [3.63, 3.8) is 0 Å². The molecule has 0 radical (unpaired) electrons. The standard InChI is InChI=1S/C16H22N4OS2/c1-12-7-5-6-10-19(12)11-20-16(22)23-15(18-20)17-13-8-3-4-9-14(13)21-2/h3-4,8-9,12H,5-7,10-11H2,1-2H3,(H,17,18)/t12-/m0/s1. The molecule has 1 N–H and O–H groups in total. The van der Waals surface area contributed by atoms with Gasteiger partial charge in [-0.25, -0.2) is 4.68 Å². The zero-order chi connectivity index (χ0) is 16.2. The Kier molecular flexibility index (Phi) is 5.30. The van der Waals surface area contributed by atoms with Crippen molar-refractivity contribution in [2.45, 2.75) is 38.9 Å². The average molecular weight is 351 g/mol. The number of nitrogens with zero attached hydrogens (tertiary/aromatic N) is 3. The van der Waals surface area contributed by atoms with Gasteiger partial charge in [0.05, 0.1) is 19.5 Å². The van der Waals surface area contributed by atoms with Gasteiger partial charge in [-0.1, -0.05) is 29.9 Å². The van der Waals surface area contributed by atoms with E-state index in [-0.39, 0.29) is 0 Å². The number of hydrogen-bond acceptors (Lipinski definition) is 6. The van der Waals surface area contributed by atoms with E-state index in [1.165, 1.54) is 30.6 Å². The number of benzene rings is 1. The summed E-state index contributed by atoms with van der Waals surface area (Å²) in [6.07, 6.45) is 3.83. The summed E-state index contributed by atoms with van der Waals surface area (Å²) in [6.45, 7) is 4.17. The third kappa shape index (κ3) is 3.91. The van der Waals surface area contributed by atoms with Crippen LogP contribution in [0.2, 0.25) is 0 Å². The molecule has 2 heterocycles. The van der Waals surface area contributed by atoms with Gasteiger partial charge in [0.2, 0.25) is 5.13 Å². The van der Waals surface area contributed by atoms with Gasteiger partial charge in [0, 0.05) is 12.6 Å². The Morgan fingerprint density at radius 3 is 3.00 bits per heavy atom. The molecule has 0 saturated carbocycles. The predicted octanol–water partition coefficient (Wildman–Crippen LogP) is 4.26. The molecule has 0 aliphatic carbocycles. The molecular formula is C16H22N4OS2. The topological polar surface area (TPSA) is 42.3 Å². The minimum Gasteiger partial charge on any atom is -0.495 e. The van der Waals surface area contributed by atoms with Gasteiger partial charge in [0.25, 0.3) is 0 Å². The van der Waals surface area contributed by atoms with Gasteiger partial charge in [-0.3, -0.25) is 4.90 Å². The fourth-order valence-corrected chi connectivity index (χ4v) is 3.85. The number of para-hydroxylation sites is 2. The first-order valence-corrected chi connectivity index (χ1v) is 9.12. The number of rotatable bonds is 5. The Balaban J connectivity index is 1.74. The second-order valence-electron chi connectivity index (χ2n) is 5.80. The minimum absolute atomic E-state index is 0.595. The fourth-order valence-electron chi connectivity index (χ4n) is 2.85. The second-order valence-corrected chi connectivity index (χ2v) is 7.42. The highest BCUT2D eigenvalue weighted by Crippen LogP contribution is 2.28. The highest BCUT2D eigenvalue weighted by molar-refractivity contribution is 7.73. The van der Waals surface area contributed by atoms with Gasteiger partial charge < -0.3 is 10.1 Å². The summed E-state index contributed by atoms with van der Waals surface area (Å²) in [7, 11) is 1.67. The Morgan fingerprint density at radius 1 is 1.39 bits per heavy atom. The van der Waals surface area contributed by atoms with E-state index in [1.807, 2.05) is 28.9 Å². The van der Waals surface area contributed by atoms with Gasteiger partial charge >= 0.3 is 0 Å². The average Bonchev–Trinajstić information content (AvgIpc) is 2.89. The molecule has 1 aliphatic rings. The molecule has 2 aromatic rings. The molecule has 124 valence electrons. The number of nitrogens with one attached hydrogen (secondary N) is 1. The molecule has 1 saturated heterocycles. The van der Waals surface area contributed by atoms with E-state index < -0.39 is 0 Å². The van der Waals surface area contributed by atoms with Crippen molar-refractivity contribution in [3.05, 3.63) is 28.2 Å². The Labute approximate surface area is 145 Å². The normalized spacial score (nSPS) is 18.8. The van der Waals surface area contributed by atoms with Crippen molar-refractivity contribution in [2.24, 2.45) is 0 Å². The third-order valence-corrected chi connectivity index (χ3v) is 5.43. The van der Waals surface area contributed by atoms with Gasteiger partial charge in [-0.05, 0) is 44.1 Å². The largest absolute Gasteiger partial charge is 0.495 e. The van der Waals surface area contributed by atoms with Crippen LogP contribution in [0.3, 0.4) is 0 Å². The van der Waals surface area contributed by atoms with E-state index in [9.17, 15) is 0 Å². The first kappa shape index (κ1) is 16.4. The molecule has 0 amide bonds. The van der Waals surface area contributed by atoms with Crippen LogP contribution in [0.4, 0.5) is 10.8 Å². The van der Waals surface area contributed by atoms with E-state index >= 15 is 0 Å². The molecule has 23 heavy (non-hydrogen) atoms. The van der Waals surface area contributed by atoms with E-state index in [2.05, 4.69) is 22.2 Å². The zero-order valence-electron chi connectivity index (χ0n) is 13.5. The first-order chi connectivity index (χ1) is 11.2. The summed E-state index contributed by atoms with van der Waals surface area (Å²) in [5.74, 6) is 0.796.